The molecule has 2 rings (SSSR count). The standard InChI is InChI=1S/C15H17F3N2OS/c1-3-12(14-20-7-9(2)22-14)19-8-10-4-5-13(11(16)6-10)21-15(17)18/h4-7,12,15,19H,3,8H2,1-2H3/t12-/m1/s1. The molecule has 0 saturated carbocycles. The van der Waals surface area contributed by atoms with E-state index in [9.17, 15) is 13.2 Å². The molecule has 1 aromatic carbocycles. The Morgan fingerprint density at radius 1 is 1.36 bits per heavy atom. The van der Waals surface area contributed by atoms with Gasteiger partial charge in [-0.2, -0.15) is 8.78 Å². The van der Waals surface area contributed by atoms with Crippen molar-refractivity contribution < 1.29 is 17.9 Å². The number of nitrogens with zero attached hydrogens (tertiary/aromatic N) is 1. The summed E-state index contributed by atoms with van der Waals surface area (Å²) < 4.78 is 41.9. The molecular weight excluding hydrogens is 313 g/mol. The first-order valence-corrected chi connectivity index (χ1v) is 7.70. The summed E-state index contributed by atoms with van der Waals surface area (Å²) in [6.07, 6.45) is 2.67. The second-order valence-electron chi connectivity index (χ2n) is 4.79. The molecule has 0 aliphatic carbocycles. The first-order valence-electron chi connectivity index (χ1n) is 6.88. The molecule has 0 fully saturated rings. The highest BCUT2D eigenvalue weighted by Gasteiger charge is 2.14. The Morgan fingerprint density at radius 2 is 2.14 bits per heavy atom. The van der Waals surface area contributed by atoms with E-state index in [0.29, 0.717) is 12.1 Å². The van der Waals surface area contributed by atoms with Gasteiger partial charge in [0.2, 0.25) is 0 Å². The van der Waals surface area contributed by atoms with Crippen molar-refractivity contribution in [1.29, 1.82) is 0 Å². The van der Waals surface area contributed by atoms with Crippen LogP contribution < -0.4 is 10.1 Å². The van der Waals surface area contributed by atoms with E-state index in [1.807, 2.05) is 20.0 Å². The van der Waals surface area contributed by atoms with Gasteiger partial charge in [-0.25, -0.2) is 9.37 Å². The quantitative estimate of drug-likeness (QED) is 0.815. The first-order chi connectivity index (χ1) is 10.5. The smallest absolute Gasteiger partial charge is 0.387 e. The molecule has 3 nitrogen and oxygen atoms in total. The predicted molar refractivity (Wildman–Crippen MR) is 79.8 cm³/mol. The number of hydrogen-bond acceptors (Lipinski definition) is 4. The Hall–Kier alpha value is -1.60. The van der Waals surface area contributed by atoms with Gasteiger partial charge in [0.1, 0.15) is 5.01 Å². The molecule has 120 valence electrons. The van der Waals surface area contributed by atoms with Crippen LogP contribution in [0.4, 0.5) is 13.2 Å². The average Bonchev–Trinajstić information content (AvgIpc) is 2.88. The van der Waals surface area contributed by atoms with Crippen LogP contribution in [0.25, 0.3) is 0 Å². The van der Waals surface area contributed by atoms with Gasteiger partial charge >= 0.3 is 6.61 Å². The van der Waals surface area contributed by atoms with Crippen molar-refractivity contribution in [2.75, 3.05) is 0 Å². The Kier molecular flexibility index (Phi) is 5.79. The van der Waals surface area contributed by atoms with Crippen LogP contribution in [-0.4, -0.2) is 11.6 Å². The van der Waals surface area contributed by atoms with Crippen molar-refractivity contribution in [2.45, 2.75) is 39.5 Å². The molecule has 1 aromatic heterocycles. The fraction of sp³-hybridized carbons (Fsp3) is 0.400. The second kappa shape index (κ2) is 7.60. The maximum Gasteiger partial charge on any atom is 0.387 e. The molecule has 0 unspecified atom stereocenters. The van der Waals surface area contributed by atoms with Crippen LogP contribution in [0.3, 0.4) is 0 Å². The lowest BCUT2D eigenvalue weighted by Crippen LogP contribution is -2.20. The molecule has 7 heteroatoms. The summed E-state index contributed by atoms with van der Waals surface area (Å²) in [5.41, 5.74) is 0.658. The average molecular weight is 330 g/mol. The molecule has 0 spiro atoms. The topological polar surface area (TPSA) is 34.1 Å². The van der Waals surface area contributed by atoms with E-state index in [-0.39, 0.29) is 6.04 Å². The molecule has 1 heterocycles. The van der Waals surface area contributed by atoms with E-state index in [4.69, 9.17) is 0 Å². The molecular formula is C15H17F3N2OS. The number of ether oxygens (including phenoxy) is 1. The van der Waals surface area contributed by atoms with Crippen LogP contribution in [0, 0.1) is 12.7 Å². The zero-order chi connectivity index (χ0) is 16.1. The highest BCUT2D eigenvalue weighted by atomic mass is 32.1. The van der Waals surface area contributed by atoms with E-state index >= 15 is 0 Å². The lowest BCUT2D eigenvalue weighted by Gasteiger charge is -2.15. The third-order valence-corrected chi connectivity index (χ3v) is 4.14. The fourth-order valence-electron chi connectivity index (χ4n) is 2.03. The summed E-state index contributed by atoms with van der Waals surface area (Å²) in [7, 11) is 0. The zero-order valence-corrected chi connectivity index (χ0v) is 13.1. The molecule has 2 aromatic rings. The van der Waals surface area contributed by atoms with Crippen molar-refractivity contribution in [3.05, 3.63) is 45.7 Å². The third-order valence-electron chi connectivity index (χ3n) is 3.11. The van der Waals surface area contributed by atoms with Crippen molar-refractivity contribution in [1.82, 2.24) is 10.3 Å². The first kappa shape index (κ1) is 16.8. The molecule has 1 atom stereocenters. The van der Waals surface area contributed by atoms with Gasteiger partial charge in [0, 0.05) is 17.6 Å². The monoisotopic (exact) mass is 330 g/mol. The molecule has 0 radical (unpaired) electrons. The summed E-state index contributed by atoms with van der Waals surface area (Å²) in [6, 6.07) is 4.06. The predicted octanol–water partition coefficient (Wildman–Crippen LogP) is 4.43. The van der Waals surface area contributed by atoms with E-state index in [0.717, 1.165) is 16.3 Å². The highest BCUT2D eigenvalue weighted by molar-refractivity contribution is 7.11. The summed E-state index contributed by atoms with van der Waals surface area (Å²) in [4.78, 5) is 5.48. The van der Waals surface area contributed by atoms with Crippen molar-refractivity contribution in [2.24, 2.45) is 0 Å². The largest absolute Gasteiger partial charge is 0.432 e. The molecule has 0 saturated heterocycles. The van der Waals surface area contributed by atoms with Crippen molar-refractivity contribution in [3.63, 3.8) is 0 Å². The summed E-state index contributed by atoms with van der Waals surface area (Å²) in [5.74, 6) is -1.24. The molecule has 0 bridgehead atoms. The number of aromatic nitrogens is 1. The normalized spacial score (nSPS) is 12.6. The van der Waals surface area contributed by atoms with Crippen LogP contribution in [0.5, 0.6) is 5.75 Å². The number of aryl methyl sites for hydroxylation is 1. The van der Waals surface area contributed by atoms with Gasteiger partial charge in [0.15, 0.2) is 11.6 Å². The lowest BCUT2D eigenvalue weighted by atomic mass is 10.1. The molecule has 1 N–H and O–H groups in total. The van der Waals surface area contributed by atoms with Gasteiger partial charge < -0.3 is 10.1 Å². The molecule has 0 aliphatic heterocycles. The third kappa shape index (κ3) is 4.45. The fourth-order valence-corrected chi connectivity index (χ4v) is 2.96. The Labute approximate surface area is 131 Å². The van der Waals surface area contributed by atoms with Crippen molar-refractivity contribution in [3.8, 4) is 5.75 Å². The summed E-state index contributed by atoms with van der Waals surface area (Å²) in [5, 5.41) is 4.28. The van der Waals surface area contributed by atoms with Crippen LogP contribution in [0.15, 0.2) is 24.4 Å². The van der Waals surface area contributed by atoms with Gasteiger partial charge in [-0.1, -0.05) is 13.0 Å². The van der Waals surface area contributed by atoms with Crippen LogP contribution >= 0.6 is 11.3 Å². The minimum Gasteiger partial charge on any atom is -0.432 e. The van der Waals surface area contributed by atoms with E-state index in [1.165, 1.54) is 12.1 Å². The number of nitrogens with one attached hydrogen (secondary N) is 1. The van der Waals surface area contributed by atoms with Crippen LogP contribution in [0.2, 0.25) is 0 Å². The van der Waals surface area contributed by atoms with E-state index in [1.54, 1.807) is 17.4 Å². The van der Waals surface area contributed by atoms with Gasteiger partial charge in [0.25, 0.3) is 0 Å². The second-order valence-corrected chi connectivity index (χ2v) is 6.06. The number of thiazole rings is 1. The number of alkyl halides is 2. The SMILES string of the molecule is CC[C@@H](NCc1ccc(OC(F)F)c(F)c1)c1ncc(C)s1. The van der Waals surface area contributed by atoms with Crippen LogP contribution in [-0.2, 0) is 6.54 Å². The maximum atomic E-state index is 13.6. The summed E-state index contributed by atoms with van der Waals surface area (Å²) >= 11 is 1.62. The number of hydrogen-bond donors (Lipinski definition) is 1. The molecule has 22 heavy (non-hydrogen) atoms. The van der Waals surface area contributed by atoms with Crippen LogP contribution in [0.1, 0.15) is 34.8 Å². The van der Waals surface area contributed by atoms with E-state index in [2.05, 4.69) is 15.0 Å². The Morgan fingerprint density at radius 3 is 2.68 bits per heavy atom. The minimum absolute atomic E-state index is 0.0822. The Bertz CT molecular complexity index is 619. The van der Waals surface area contributed by atoms with Gasteiger partial charge in [-0.05, 0) is 31.0 Å². The highest BCUT2D eigenvalue weighted by Crippen LogP contribution is 2.24. The van der Waals surface area contributed by atoms with Crippen molar-refractivity contribution >= 4 is 11.3 Å². The van der Waals surface area contributed by atoms with E-state index < -0.39 is 18.2 Å². The number of halogens is 3. The Balaban J connectivity index is 2.00. The van der Waals surface area contributed by atoms with Gasteiger partial charge in [-0.3, -0.25) is 0 Å². The molecule has 0 aliphatic rings. The number of benzene rings is 1. The summed E-state index contributed by atoms with van der Waals surface area (Å²) in [6.45, 7) is 1.42. The molecule has 0 amide bonds. The maximum absolute atomic E-state index is 13.6. The van der Waals surface area contributed by atoms with Gasteiger partial charge in [0.05, 0.1) is 6.04 Å². The minimum atomic E-state index is -3.03. The lowest BCUT2D eigenvalue weighted by molar-refractivity contribution is -0.0522. The van der Waals surface area contributed by atoms with Gasteiger partial charge in [-0.15, -0.1) is 11.3 Å². The zero-order valence-electron chi connectivity index (χ0n) is 12.3. The number of rotatable bonds is 7.